The van der Waals surface area contributed by atoms with Crippen LogP contribution in [-0.2, 0) is 6.42 Å². The zero-order valence-electron chi connectivity index (χ0n) is 13.9. The lowest BCUT2D eigenvalue weighted by Crippen LogP contribution is -2.35. The Morgan fingerprint density at radius 3 is 2.50 bits per heavy atom. The Morgan fingerprint density at radius 1 is 1.25 bits per heavy atom. The summed E-state index contributed by atoms with van der Waals surface area (Å²) in [5.74, 6) is 0.397. The fourth-order valence-electron chi connectivity index (χ4n) is 2.58. The Labute approximate surface area is 125 Å². The van der Waals surface area contributed by atoms with Crippen molar-refractivity contribution in [2.24, 2.45) is 11.1 Å². The summed E-state index contributed by atoms with van der Waals surface area (Å²) in [4.78, 5) is 0. The van der Waals surface area contributed by atoms with Crippen LogP contribution in [0.25, 0.3) is 0 Å². The first-order chi connectivity index (χ1) is 9.37. The molecule has 2 heteroatoms. The van der Waals surface area contributed by atoms with Gasteiger partial charge in [-0.05, 0) is 42.9 Å². The van der Waals surface area contributed by atoms with E-state index in [-0.39, 0.29) is 6.04 Å². The molecule has 0 aromatic heterocycles. The number of nitrogens with one attached hydrogen (secondary N) is 1. The van der Waals surface area contributed by atoms with Crippen LogP contribution in [-0.4, -0.2) is 19.6 Å². The van der Waals surface area contributed by atoms with Crippen LogP contribution in [0.15, 0.2) is 24.3 Å². The van der Waals surface area contributed by atoms with Crippen LogP contribution in [0.3, 0.4) is 0 Å². The number of aryl methyl sites for hydroxylation is 1. The van der Waals surface area contributed by atoms with Gasteiger partial charge in [-0.1, -0.05) is 52.0 Å². The van der Waals surface area contributed by atoms with E-state index >= 15 is 0 Å². The molecule has 0 spiro atoms. The number of hydrogen-bond donors (Lipinski definition) is 2. The molecule has 1 aromatic rings. The molecule has 0 fully saturated rings. The van der Waals surface area contributed by atoms with Gasteiger partial charge in [-0.2, -0.15) is 0 Å². The Hall–Kier alpha value is -0.860. The summed E-state index contributed by atoms with van der Waals surface area (Å²) in [7, 11) is 2.01. The molecule has 1 aromatic carbocycles. The van der Waals surface area contributed by atoms with Crippen molar-refractivity contribution in [1.82, 2.24) is 5.32 Å². The minimum Gasteiger partial charge on any atom is -0.327 e. The van der Waals surface area contributed by atoms with Gasteiger partial charge in [0, 0.05) is 18.5 Å². The topological polar surface area (TPSA) is 38.0 Å². The van der Waals surface area contributed by atoms with Crippen molar-refractivity contribution in [1.29, 1.82) is 0 Å². The smallest absolute Gasteiger partial charge is 0.0120 e. The van der Waals surface area contributed by atoms with E-state index in [9.17, 15) is 0 Å². The normalized spacial score (nSPS) is 15.1. The Bertz CT molecular complexity index is 393. The maximum absolute atomic E-state index is 6.49. The van der Waals surface area contributed by atoms with Crippen LogP contribution in [0.4, 0.5) is 0 Å². The van der Waals surface area contributed by atoms with Gasteiger partial charge in [0.2, 0.25) is 0 Å². The number of benzene rings is 1. The number of nitrogens with two attached hydrogens (primary N) is 1. The molecule has 3 N–H and O–H groups in total. The second-order valence-electron chi connectivity index (χ2n) is 7.03. The van der Waals surface area contributed by atoms with Gasteiger partial charge < -0.3 is 11.1 Å². The van der Waals surface area contributed by atoms with Crippen LogP contribution >= 0.6 is 0 Å². The van der Waals surface area contributed by atoms with E-state index in [1.54, 1.807) is 0 Å². The maximum atomic E-state index is 6.49. The molecule has 0 saturated heterocycles. The standard InChI is InChI=1S/C18H32N2/c1-6-14-8-7-9-15(12-14)16(13-20-5)17(19)10-11-18(2,3)4/h7-9,12,16-17,20H,6,10-11,13,19H2,1-5H3. The maximum Gasteiger partial charge on any atom is 0.0120 e. The molecular weight excluding hydrogens is 244 g/mol. The van der Waals surface area contributed by atoms with Crippen molar-refractivity contribution in [2.75, 3.05) is 13.6 Å². The second-order valence-corrected chi connectivity index (χ2v) is 7.03. The summed E-state index contributed by atoms with van der Waals surface area (Å²) < 4.78 is 0. The molecule has 0 radical (unpaired) electrons. The first-order valence-electron chi connectivity index (χ1n) is 7.86. The van der Waals surface area contributed by atoms with E-state index in [4.69, 9.17) is 5.73 Å². The summed E-state index contributed by atoms with van der Waals surface area (Å²) in [5.41, 5.74) is 9.62. The van der Waals surface area contributed by atoms with Gasteiger partial charge in [-0.25, -0.2) is 0 Å². The minimum atomic E-state index is 0.216. The minimum absolute atomic E-state index is 0.216. The van der Waals surface area contributed by atoms with Gasteiger partial charge >= 0.3 is 0 Å². The fraction of sp³-hybridized carbons (Fsp3) is 0.667. The van der Waals surface area contributed by atoms with Gasteiger partial charge in [0.1, 0.15) is 0 Å². The summed E-state index contributed by atoms with van der Waals surface area (Å²) in [6.45, 7) is 9.99. The zero-order chi connectivity index (χ0) is 15.2. The Balaban J connectivity index is 2.81. The van der Waals surface area contributed by atoms with Crippen molar-refractivity contribution >= 4 is 0 Å². The predicted molar refractivity (Wildman–Crippen MR) is 89.2 cm³/mol. The molecule has 114 valence electrons. The van der Waals surface area contributed by atoms with E-state index in [0.717, 1.165) is 19.4 Å². The first-order valence-corrected chi connectivity index (χ1v) is 7.86. The molecule has 2 nitrogen and oxygen atoms in total. The van der Waals surface area contributed by atoms with Crippen LogP contribution in [0.2, 0.25) is 0 Å². The van der Waals surface area contributed by atoms with E-state index in [1.807, 2.05) is 7.05 Å². The van der Waals surface area contributed by atoms with Crippen molar-refractivity contribution in [3.63, 3.8) is 0 Å². The highest BCUT2D eigenvalue weighted by Gasteiger charge is 2.21. The summed E-state index contributed by atoms with van der Waals surface area (Å²) in [5, 5.41) is 3.30. The highest BCUT2D eigenvalue weighted by atomic mass is 14.8. The van der Waals surface area contributed by atoms with Crippen molar-refractivity contribution in [2.45, 2.75) is 58.9 Å². The molecule has 0 aliphatic heterocycles. The average molecular weight is 276 g/mol. The third-order valence-corrected chi connectivity index (χ3v) is 3.96. The van der Waals surface area contributed by atoms with Gasteiger partial charge in [-0.15, -0.1) is 0 Å². The van der Waals surface area contributed by atoms with Crippen LogP contribution in [0.5, 0.6) is 0 Å². The molecule has 0 saturated carbocycles. The van der Waals surface area contributed by atoms with Crippen molar-refractivity contribution in [3.05, 3.63) is 35.4 Å². The van der Waals surface area contributed by atoms with Crippen LogP contribution in [0.1, 0.15) is 57.6 Å². The molecule has 2 atom stereocenters. The monoisotopic (exact) mass is 276 g/mol. The predicted octanol–water partition coefficient (Wildman–Crippen LogP) is 3.71. The molecular formula is C18H32N2. The summed E-state index contributed by atoms with van der Waals surface area (Å²) >= 11 is 0. The number of rotatable bonds is 7. The van der Waals surface area contributed by atoms with E-state index in [2.05, 4.69) is 57.3 Å². The van der Waals surface area contributed by atoms with Crippen LogP contribution < -0.4 is 11.1 Å². The van der Waals surface area contributed by atoms with Crippen molar-refractivity contribution in [3.8, 4) is 0 Å². The molecule has 0 bridgehead atoms. The largest absolute Gasteiger partial charge is 0.327 e. The first kappa shape index (κ1) is 17.2. The molecule has 0 aliphatic carbocycles. The molecule has 1 rings (SSSR count). The lowest BCUT2D eigenvalue weighted by atomic mass is 9.83. The number of hydrogen-bond acceptors (Lipinski definition) is 2. The van der Waals surface area contributed by atoms with Gasteiger partial charge in [0.25, 0.3) is 0 Å². The summed E-state index contributed by atoms with van der Waals surface area (Å²) in [6.07, 6.45) is 3.32. The van der Waals surface area contributed by atoms with Gasteiger partial charge in [0.05, 0.1) is 0 Å². The zero-order valence-corrected chi connectivity index (χ0v) is 13.9. The van der Waals surface area contributed by atoms with Gasteiger partial charge in [-0.3, -0.25) is 0 Å². The summed E-state index contributed by atoms with van der Waals surface area (Å²) in [6, 6.07) is 9.11. The van der Waals surface area contributed by atoms with E-state index < -0.39 is 0 Å². The molecule has 20 heavy (non-hydrogen) atoms. The average Bonchev–Trinajstić information content (AvgIpc) is 2.41. The molecule has 2 unspecified atom stereocenters. The quantitative estimate of drug-likeness (QED) is 0.797. The lowest BCUT2D eigenvalue weighted by molar-refractivity contribution is 0.332. The molecule has 0 amide bonds. The number of likely N-dealkylation sites (N-methyl/N-ethyl adjacent to an activating group) is 1. The molecule has 0 aliphatic rings. The van der Waals surface area contributed by atoms with E-state index in [1.165, 1.54) is 17.5 Å². The van der Waals surface area contributed by atoms with E-state index in [0.29, 0.717) is 11.3 Å². The third-order valence-electron chi connectivity index (χ3n) is 3.96. The van der Waals surface area contributed by atoms with Crippen molar-refractivity contribution < 1.29 is 0 Å². The lowest BCUT2D eigenvalue weighted by Gasteiger charge is -2.27. The van der Waals surface area contributed by atoms with Crippen LogP contribution in [0, 0.1) is 5.41 Å². The Kier molecular flexibility index (Phi) is 6.70. The highest BCUT2D eigenvalue weighted by molar-refractivity contribution is 5.28. The SMILES string of the molecule is CCc1cccc(C(CNC)C(N)CCC(C)(C)C)c1. The fourth-order valence-corrected chi connectivity index (χ4v) is 2.58. The Morgan fingerprint density at radius 2 is 1.95 bits per heavy atom. The highest BCUT2D eigenvalue weighted by Crippen LogP contribution is 2.27. The second kappa shape index (κ2) is 7.80. The van der Waals surface area contributed by atoms with Gasteiger partial charge in [0.15, 0.2) is 0 Å². The third kappa shape index (κ3) is 5.64. The molecule has 0 heterocycles.